The fraction of sp³-hybridized carbons (Fsp3) is 0. The standard InChI is InChI=1S/C17H9BrN2O2/c18-14-5-6-15(10-7-8-19-9-13(10)14)20-16(21)11-3-1-2-4-12(11)17(20)22/h1-9H. The number of fused-ring (bicyclic) bond motifs is 2. The summed E-state index contributed by atoms with van der Waals surface area (Å²) in [7, 11) is 0. The van der Waals surface area contributed by atoms with Crippen LogP contribution in [0.1, 0.15) is 20.7 Å². The van der Waals surface area contributed by atoms with E-state index in [0.717, 1.165) is 15.2 Å². The van der Waals surface area contributed by atoms with Crippen molar-refractivity contribution < 1.29 is 9.59 Å². The van der Waals surface area contributed by atoms with E-state index >= 15 is 0 Å². The summed E-state index contributed by atoms with van der Waals surface area (Å²) in [5, 5.41) is 1.66. The van der Waals surface area contributed by atoms with E-state index in [1.807, 2.05) is 6.07 Å². The molecule has 2 aromatic carbocycles. The van der Waals surface area contributed by atoms with E-state index in [1.54, 1.807) is 48.8 Å². The number of benzene rings is 2. The van der Waals surface area contributed by atoms with Gasteiger partial charge in [0, 0.05) is 27.6 Å². The predicted octanol–water partition coefficient (Wildman–Crippen LogP) is 3.80. The number of aromatic nitrogens is 1. The lowest BCUT2D eigenvalue weighted by Gasteiger charge is -2.17. The van der Waals surface area contributed by atoms with E-state index in [4.69, 9.17) is 0 Å². The molecule has 0 radical (unpaired) electrons. The molecular weight excluding hydrogens is 344 g/mol. The first-order chi connectivity index (χ1) is 10.7. The summed E-state index contributed by atoms with van der Waals surface area (Å²) in [5.74, 6) is -0.581. The summed E-state index contributed by atoms with van der Waals surface area (Å²) in [6, 6.07) is 12.3. The number of anilines is 1. The molecule has 0 fully saturated rings. The van der Waals surface area contributed by atoms with Gasteiger partial charge in [-0.2, -0.15) is 0 Å². The molecule has 22 heavy (non-hydrogen) atoms. The summed E-state index contributed by atoms with van der Waals surface area (Å²) in [6.45, 7) is 0. The topological polar surface area (TPSA) is 50.3 Å². The zero-order valence-corrected chi connectivity index (χ0v) is 12.9. The predicted molar refractivity (Wildman–Crippen MR) is 87.0 cm³/mol. The SMILES string of the molecule is O=C1c2ccccc2C(=O)N1c1ccc(Br)c2cnccc12. The van der Waals surface area contributed by atoms with Crippen molar-refractivity contribution in [2.75, 3.05) is 4.90 Å². The fourth-order valence-corrected chi connectivity index (χ4v) is 3.19. The van der Waals surface area contributed by atoms with Gasteiger partial charge in [-0.25, -0.2) is 4.90 Å². The lowest BCUT2D eigenvalue weighted by Crippen LogP contribution is -2.29. The van der Waals surface area contributed by atoms with Crippen molar-refractivity contribution in [1.29, 1.82) is 0 Å². The molecular formula is C17H9BrN2O2. The number of imide groups is 1. The second-order valence-corrected chi connectivity index (χ2v) is 5.83. The number of nitrogens with zero attached hydrogens (tertiary/aromatic N) is 2. The second kappa shape index (κ2) is 4.74. The maximum absolute atomic E-state index is 12.6. The van der Waals surface area contributed by atoms with Gasteiger partial charge in [0.05, 0.1) is 16.8 Å². The summed E-state index contributed by atoms with van der Waals surface area (Å²) >= 11 is 3.47. The lowest BCUT2D eigenvalue weighted by atomic mass is 10.1. The Labute approximate surface area is 134 Å². The van der Waals surface area contributed by atoms with Crippen LogP contribution in [0.15, 0.2) is 59.3 Å². The molecule has 4 rings (SSSR count). The molecule has 106 valence electrons. The Kier molecular flexibility index (Phi) is 2.84. The average Bonchev–Trinajstić information content (AvgIpc) is 2.81. The van der Waals surface area contributed by atoms with Crippen LogP contribution < -0.4 is 4.90 Å². The highest BCUT2D eigenvalue weighted by atomic mass is 79.9. The van der Waals surface area contributed by atoms with Crippen molar-refractivity contribution in [1.82, 2.24) is 4.98 Å². The number of hydrogen-bond acceptors (Lipinski definition) is 3. The Hall–Kier alpha value is -2.53. The Balaban J connectivity index is 1.97. The molecule has 0 aliphatic carbocycles. The first-order valence-corrected chi connectivity index (χ1v) is 7.48. The van der Waals surface area contributed by atoms with Crippen molar-refractivity contribution in [3.8, 4) is 0 Å². The zero-order valence-electron chi connectivity index (χ0n) is 11.3. The van der Waals surface area contributed by atoms with Crippen LogP contribution in [0.25, 0.3) is 10.8 Å². The minimum Gasteiger partial charge on any atom is -0.268 e. The molecule has 2 amide bonds. The average molecular weight is 353 g/mol. The molecule has 2 heterocycles. The Morgan fingerprint density at radius 2 is 1.55 bits per heavy atom. The molecule has 1 aliphatic heterocycles. The molecule has 5 heteroatoms. The quantitative estimate of drug-likeness (QED) is 0.626. The Morgan fingerprint density at radius 3 is 2.23 bits per heavy atom. The molecule has 0 spiro atoms. The van der Waals surface area contributed by atoms with Crippen molar-refractivity contribution >= 4 is 44.2 Å². The van der Waals surface area contributed by atoms with Gasteiger partial charge >= 0.3 is 0 Å². The molecule has 0 unspecified atom stereocenters. The van der Waals surface area contributed by atoms with E-state index in [2.05, 4.69) is 20.9 Å². The van der Waals surface area contributed by atoms with Crippen LogP contribution >= 0.6 is 15.9 Å². The van der Waals surface area contributed by atoms with Gasteiger partial charge in [-0.1, -0.05) is 28.1 Å². The number of carbonyl (C=O) groups is 2. The van der Waals surface area contributed by atoms with Crippen LogP contribution in [0.2, 0.25) is 0 Å². The number of hydrogen-bond donors (Lipinski definition) is 0. The van der Waals surface area contributed by atoms with Crippen LogP contribution in [-0.4, -0.2) is 16.8 Å². The lowest BCUT2D eigenvalue weighted by molar-refractivity contribution is 0.0926. The molecule has 4 nitrogen and oxygen atoms in total. The monoisotopic (exact) mass is 352 g/mol. The van der Waals surface area contributed by atoms with E-state index in [9.17, 15) is 9.59 Å². The highest BCUT2D eigenvalue weighted by Crippen LogP contribution is 2.35. The first-order valence-electron chi connectivity index (χ1n) is 6.68. The second-order valence-electron chi connectivity index (χ2n) is 4.98. The van der Waals surface area contributed by atoms with Gasteiger partial charge in [-0.05, 0) is 30.3 Å². The first kappa shape index (κ1) is 13.2. The van der Waals surface area contributed by atoms with E-state index in [-0.39, 0.29) is 11.8 Å². The molecule has 0 atom stereocenters. The molecule has 1 aliphatic rings. The third-order valence-corrected chi connectivity index (χ3v) is 4.47. The van der Waals surface area contributed by atoms with Crippen molar-refractivity contribution in [2.24, 2.45) is 0 Å². The Morgan fingerprint density at radius 1 is 0.864 bits per heavy atom. The van der Waals surface area contributed by atoms with Crippen LogP contribution in [0, 0.1) is 0 Å². The third kappa shape index (κ3) is 1.72. The van der Waals surface area contributed by atoms with Crippen LogP contribution in [-0.2, 0) is 0 Å². The summed E-state index contributed by atoms with van der Waals surface area (Å²) < 4.78 is 0.871. The van der Waals surface area contributed by atoms with Crippen LogP contribution in [0.4, 0.5) is 5.69 Å². The van der Waals surface area contributed by atoms with Gasteiger partial charge in [-0.15, -0.1) is 0 Å². The normalized spacial score (nSPS) is 13.8. The minimum absolute atomic E-state index is 0.291. The number of halogens is 1. The Bertz CT molecular complexity index is 917. The third-order valence-electron chi connectivity index (χ3n) is 3.78. The van der Waals surface area contributed by atoms with Gasteiger partial charge in [0.15, 0.2) is 0 Å². The molecule has 0 bridgehead atoms. The largest absolute Gasteiger partial charge is 0.268 e. The molecule has 0 saturated carbocycles. The van der Waals surface area contributed by atoms with Gasteiger partial charge in [-0.3, -0.25) is 14.6 Å². The maximum Gasteiger partial charge on any atom is 0.266 e. The van der Waals surface area contributed by atoms with Crippen molar-refractivity contribution in [3.05, 3.63) is 70.5 Å². The van der Waals surface area contributed by atoms with Gasteiger partial charge in [0.25, 0.3) is 11.8 Å². The molecule has 0 saturated heterocycles. The van der Waals surface area contributed by atoms with E-state index in [0.29, 0.717) is 16.8 Å². The van der Waals surface area contributed by atoms with E-state index < -0.39 is 0 Å². The number of amides is 2. The summed E-state index contributed by atoms with van der Waals surface area (Å²) in [6.07, 6.45) is 3.36. The summed E-state index contributed by atoms with van der Waals surface area (Å²) in [4.78, 5) is 30.6. The fourth-order valence-electron chi connectivity index (χ4n) is 2.74. The maximum atomic E-state index is 12.6. The van der Waals surface area contributed by atoms with Crippen LogP contribution in [0.5, 0.6) is 0 Å². The summed E-state index contributed by atoms with van der Waals surface area (Å²) in [5.41, 5.74) is 1.46. The zero-order chi connectivity index (χ0) is 15.3. The highest BCUT2D eigenvalue weighted by Gasteiger charge is 2.37. The molecule has 1 aromatic heterocycles. The van der Waals surface area contributed by atoms with Gasteiger partial charge in [0.1, 0.15) is 0 Å². The van der Waals surface area contributed by atoms with Crippen molar-refractivity contribution in [2.45, 2.75) is 0 Å². The van der Waals surface area contributed by atoms with E-state index in [1.165, 1.54) is 4.90 Å². The van der Waals surface area contributed by atoms with Crippen molar-refractivity contribution in [3.63, 3.8) is 0 Å². The van der Waals surface area contributed by atoms with Gasteiger partial charge < -0.3 is 0 Å². The number of carbonyl (C=O) groups excluding carboxylic acids is 2. The van der Waals surface area contributed by atoms with Crippen LogP contribution in [0.3, 0.4) is 0 Å². The molecule has 0 N–H and O–H groups in total. The number of pyridine rings is 1. The molecule has 3 aromatic rings. The highest BCUT2D eigenvalue weighted by molar-refractivity contribution is 9.10. The van der Waals surface area contributed by atoms with Gasteiger partial charge in [0.2, 0.25) is 0 Å². The number of rotatable bonds is 1. The smallest absolute Gasteiger partial charge is 0.266 e. The minimum atomic E-state index is -0.291.